The highest BCUT2D eigenvalue weighted by Crippen LogP contribution is 2.21. The fraction of sp³-hybridized carbons (Fsp3) is 0.350. The van der Waals surface area contributed by atoms with E-state index in [1.165, 1.54) is 0 Å². The standard InChI is InChI=1S/C20H23N3O3/c1-13-7-6-10-18(21-13)19(24)22-17-9-5-4-8-16(17)20(25)23-11-14(2)26-15(3)12-23/h4-10,14-15H,11-12H2,1-3H3,(H,22,24)/t14-,15-/m1/s1. The topological polar surface area (TPSA) is 71.5 Å². The second-order valence-corrected chi connectivity index (χ2v) is 6.63. The van der Waals surface area contributed by atoms with Gasteiger partial charge >= 0.3 is 0 Å². The highest BCUT2D eigenvalue weighted by Gasteiger charge is 2.28. The smallest absolute Gasteiger partial charge is 0.274 e. The SMILES string of the molecule is Cc1cccc(C(=O)Nc2ccccc2C(=O)N2C[C@@H](C)O[C@H](C)C2)n1. The quantitative estimate of drug-likeness (QED) is 0.921. The molecule has 136 valence electrons. The van der Waals surface area contributed by atoms with Gasteiger partial charge in [0.15, 0.2) is 0 Å². The largest absolute Gasteiger partial charge is 0.372 e. The van der Waals surface area contributed by atoms with E-state index in [1.807, 2.05) is 26.8 Å². The van der Waals surface area contributed by atoms with Crippen molar-refractivity contribution in [3.63, 3.8) is 0 Å². The number of carbonyl (C=O) groups is 2. The first-order chi connectivity index (χ1) is 12.4. The summed E-state index contributed by atoms with van der Waals surface area (Å²) < 4.78 is 5.69. The number of benzene rings is 1. The lowest BCUT2D eigenvalue weighted by Crippen LogP contribution is -2.48. The number of nitrogens with zero attached hydrogens (tertiary/aromatic N) is 2. The first kappa shape index (κ1) is 18.1. The van der Waals surface area contributed by atoms with Crippen molar-refractivity contribution in [3.05, 3.63) is 59.4 Å². The molecular formula is C20H23N3O3. The summed E-state index contributed by atoms with van der Waals surface area (Å²) in [5.41, 5.74) is 2.03. The lowest BCUT2D eigenvalue weighted by Gasteiger charge is -2.35. The van der Waals surface area contributed by atoms with Crippen LogP contribution >= 0.6 is 0 Å². The molecule has 2 heterocycles. The van der Waals surface area contributed by atoms with Gasteiger partial charge < -0.3 is 15.0 Å². The van der Waals surface area contributed by atoms with Crippen molar-refractivity contribution in [1.29, 1.82) is 0 Å². The van der Waals surface area contributed by atoms with Crippen molar-refractivity contribution in [1.82, 2.24) is 9.88 Å². The third kappa shape index (κ3) is 4.08. The predicted molar refractivity (Wildman–Crippen MR) is 99.3 cm³/mol. The molecule has 2 atom stereocenters. The van der Waals surface area contributed by atoms with Gasteiger partial charge in [0, 0.05) is 18.8 Å². The number of nitrogens with one attached hydrogen (secondary N) is 1. The molecular weight excluding hydrogens is 330 g/mol. The van der Waals surface area contributed by atoms with Gasteiger partial charge in [-0.15, -0.1) is 0 Å². The lowest BCUT2D eigenvalue weighted by molar-refractivity contribution is -0.0585. The molecule has 0 unspecified atom stereocenters. The summed E-state index contributed by atoms with van der Waals surface area (Å²) in [6, 6.07) is 12.3. The Morgan fingerprint density at radius 1 is 1.08 bits per heavy atom. The molecule has 2 amide bonds. The van der Waals surface area contributed by atoms with E-state index in [2.05, 4.69) is 10.3 Å². The fourth-order valence-corrected chi connectivity index (χ4v) is 3.15. The number of rotatable bonds is 3. The van der Waals surface area contributed by atoms with Gasteiger partial charge in [-0.2, -0.15) is 0 Å². The average molecular weight is 353 g/mol. The van der Waals surface area contributed by atoms with Crippen LogP contribution in [0.15, 0.2) is 42.5 Å². The maximum atomic E-state index is 13.0. The van der Waals surface area contributed by atoms with Gasteiger partial charge in [0.2, 0.25) is 0 Å². The Morgan fingerprint density at radius 2 is 1.77 bits per heavy atom. The van der Waals surface area contributed by atoms with E-state index in [9.17, 15) is 9.59 Å². The van der Waals surface area contributed by atoms with E-state index in [1.54, 1.807) is 41.3 Å². The van der Waals surface area contributed by atoms with Crippen LogP contribution in [0.2, 0.25) is 0 Å². The molecule has 1 saturated heterocycles. The second-order valence-electron chi connectivity index (χ2n) is 6.63. The summed E-state index contributed by atoms with van der Waals surface area (Å²) in [5, 5.41) is 2.82. The van der Waals surface area contributed by atoms with Crippen molar-refractivity contribution in [3.8, 4) is 0 Å². The van der Waals surface area contributed by atoms with Crippen LogP contribution in [0.4, 0.5) is 5.69 Å². The van der Waals surface area contributed by atoms with Gasteiger partial charge in [-0.25, -0.2) is 4.98 Å². The summed E-state index contributed by atoms with van der Waals surface area (Å²) >= 11 is 0. The Hall–Kier alpha value is -2.73. The number of hydrogen-bond donors (Lipinski definition) is 1. The Labute approximate surface area is 153 Å². The van der Waals surface area contributed by atoms with Crippen LogP contribution in [0.5, 0.6) is 0 Å². The number of aromatic nitrogens is 1. The normalized spacial score (nSPS) is 19.9. The zero-order valence-electron chi connectivity index (χ0n) is 15.2. The predicted octanol–water partition coefficient (Wildman–Crippen LogP) is 2.89. The van der Waals surface area contributed by atoms with Gasteiger partial charge in [-0.05, 0) is 45.0 Å². The number of amides is 2. The van der Waals surface area contributed by atoms with E-state index in [0.717, 1.165) is 5.69 Å². The highest BCUT2D eigenvalue weighted by atomic mass is 16.5. The van der Waals surface area contributed by atoms with Crippen molar-refractivity contribution < 1.29 is 14.3 Å². The van der Waals surface area contributed by atoms with E-state index in [4.69, 9.17) is 4.74 Å². The monoisotopic (exact) mass is 353 g/mol. The van der Waals surface area contributed by atoms with Crippen LogP contribution in [-0.4, -0.2) is 47.0 Å². The number of hydrogen-bond acceptors (Lipinski definition) is 4. The summed E-state index contributed by atoms with van der Waals surface area (Å²) in [6.45, 7) is 6.80. The lowest BCUT2D eigenvalue weighted by atomic mass is 10.1. The van der Waals surface area contributed by atoms with Crippen molar-refractivity contribution in [2.75, 3.05) is 18.4 Å². The Balaban J connectivity index is 1.82. The van der Waals surface area contributed by atoms with Gasteiger partial charge in [-0.1, -0.05) is 18.2 Å². The number of para-hydroxylation sites is 1. The number of carbonyl (C=O) groups excluding carboxylic acids is 2. The van der Waals surface area contributed by atoms with Gasteiger partial charge in [-0.3, -0.25) is 9.59 Å². The van der Waals surface area contributed by atoms with Crippen LogP contribution in [0, 0.1) is 6.92 Å². The van der Waals surface area contributed by atoms with E-state index < -0.39 is 0 Å². The molecule has 1 aliphatic rings. The highest BCUT2D eigenvalue weighted by molar-refractivity contribution is 6.08. The summed E-state index contributed by atoms with van der Waals surface area (Å²) in [6.07, 6.45) is -0.0260. The Bertz CT molecular complexity index is 811. The van der Waals surface area contributed by atoms with Gasteiger partial charge in [0.05, 0.1) is 23.5 Å². The van der Waals surface area contributed by atoms with Crippen molar-refractivity contribution >= 4 is 17.5 Å². The van der Waals surface area contributed by atoms with E-state index >= 15 is 0 Å². The maximum Gasteiger partial charge on any atom is 0.274 e. The van der Waals surface area contributed by atoms with Crippen molar-refractivity contribution in [2.45, 2.75) is 33.0 Å². The third-order valence-corrected chi connectivity index (χ3v) is 4.23. The molecule has 6 nitrogen and oxygen atoms in total. The number of pyridine rings is 1. The molecule has 0 radical (unpaired) electrons. The molecule has 3 rings (SSSR count). The molecule has 0 bridgehead atoms. The van der Waals surface area contributed by atoms with Crippen LogP contribution < -0.4 is 5.32 Å². The molecule has 6 heteroatoms. The minimum Gasteiger partial charge on any atom is -0.372 e. The number of ether oxygens (including phenoxy) is 1. The van der Waals surface area contributed by atoms with Crippen LogP contribution in [0.25, 0.3) is 0 Å². The minimum atomic E-state index is -0.335. The molecule has 2 aromatic rings. The zero-order chi connectivity index (χ0) is 18.7. The molecule has 1 aromatic heterocycles. The first-order valence-electron chi connectivity index (χ1n) is 8.73. The van der Waals surface area contributed by atoms with Crippen LogP contribution in [-0.2, 0) is 4.74 Å². The first-order valence-corrected chi connectivity index (χ1v) is 8.73. The van der Waals surface area contributed by atoms with E-state index in [-0.39, 0.29) is 24.0 Å². The van der Waals surface area contributed by atoms with Crippen LogP contribution in [0.1, 0.15) is 40.4 Å². The minimum absolute atomic E-state index is 0.0130. The molecule has 1 aromatic carbocycles. The zero-order valence-corrected chi connectivity index (χ0v) is 15.2. The second kappa shape index (κ2) is 7.66. The Morgan fingerprint density at radius 3 is 2.46 bits per heavy atom. The molecule has 0 spiro atoms. The van der Waals surface area contributed by atoms with Gasteiger partial charge in [0.1, 0.15) is 5.69 Å². The molecule has 26 heavy (non-hydrogen) atoms. The number of aryl methyl sites for hydroxylation is 1. The summed E-state index contributed by atoms with van der Waals surface area (Å²) in [7, 11) is 0. The third-order valence-electron chi connectivity index (χ3n) is 4.23. The van der Waals surface area contributed by atoms with Crippen LogP contribution in [0.3, 0.4) is 0 Å². The maximum absolute atomic E-state index is 13.0. The summed E-state index contributed by atoms with van der Waals surface area (Å²) in [4.78, 5) is 31.5. The number of anilines is 1. The average Bonchev–Trinajstić information content (AvgIpc) is 2.61. The molecule has 0 saturated carbocycles. The van der Waals surface area contributed by atoms with Crippen molar-refractivity contribution in [2.24, 2.45) is 0 Å². The molecule has 1 N–H and O–H groups in total. The Kier molecular flexibility index (Phi) is 5.32. The summed E-state index contributed by atoms with van der Waals surface area (Å²) in [5.74, 6) is -0.447. The van der Waals surface area contributed by atoms with E-state index in [0.29, 0.717) is 30.0 Å². The fourth-order valence-electron chi connectivity index (χ4n) is 3.15. The molecule has 0 aliphatic carbocycles. The molecule has 1 fully saturated rings. The number of morpholine rings is 1. The van der Waals surface area contributed by atoms with Gasteiger partial charge in [0.25, 0.3) is 11.8 Å². The molecule has 1 aliphatic heterocycles.